The van der Waals surface area contributed by atoms with Gasteiger partial charge in [0.2, 0.25) is 0 Å². The molecule has 0 saturated heterocycles. The Morgan fingerprint density at radius 3 is 2.06 bits per heavy atom. The van der Waals surface area contributed by atoms with Crippen molar-refractivity contribution in [2.24, 2.45) is 5.41 Å². The quantitative estimate of drug-likeness (QED) is 0.845. The van der Waals surface area contributed by atoms with E-state index in [9.17, 15) is 9.90 Å². The Morgan fingerprint density at radius 2 is 1.59 bits per heavy atom. The number of carboxylic acids is 1. The molecule has 2 heteroatoms. The number of carbonyl (C=O) groups is 1. The van der Waals surface area contributed by atoms with Gasteiger partial charge in [-0.05, 0) is 36.7 Å². The molecule has 2 nitrogen and oxygen atoms in total. The molecule has 0 aliphatic heterocycles. The van der Waals surface area contributed by atoms with E-state index in [1.54, 1.807) is 0 Å². The lowest BCUT2D eigenvalue weighted by Crippen LogP contribution is -2.41. The molecule has 92 valence electrons. The molecule has 1 fully saturated rings. The summed E-state index contributed by atoms with van der Waals surface area (Å²) in [5, 5.41) is 9.61. The van der Waals surface area contributed by atoms with Crippen molar-refractivity contribution in [3.8, 4) is 0 Å². The maximum atomic E-state index is 11.7. The fraction of sp³-hybridized carbons (Fsp3) is 0.533. The van der Waals surface area contributed by atoms with Gasteiger partial charge in [0.25, 0.3) is 0 Å². The van der Waals surface area contributed by atoms with Crippen LogP contribution in [0.25, 0.3) is 0 Å². The Labute approximate surface area is 103 Å². The minimum absolute atomic E-state index is 0.285. The lowest BCUT2D eigenvalue weighted by Gasteiger charge is -2.41. The molecule has 17 heavy (non-hydrogen) atoms. The lowest BCUT2D eigenvalue weighted by molar-refractivity contribution is -0.146. The SMILES string of the molecule is CC1(C)CCC(C(=O)O)(c2ccccc2)CC1. The fourth-order valence-electron chi connectivity index (χ4n) is 2.74. The van der Waals surface area contributed by atoms with Crippen LogP contribution in [0.15, 0.2) is 30.3 Å². The maximum absolute atomic E-state index is 11.7. The standard InChI is InChI=1S/C15H20O2/c1-14(2)8-10-15(11-9-14,13(16)17)12-6-4-3-5-7-12/h3-7H,8-11H2,1-2H3,(H,16,17). The van der Waals surface area contributed by atoms with Gasteiger partial charge in [-0.1, -0.05) is 44.2 Å². The third kappa shape index (κ3) is 2.21. The normalized spacial score (nSPS) is 22.0. The van der Waals surface area contributed by atoms with Crippen molar-refractivity contribution in [3.63, 3.8) is 0 Å². The third-order valence-electron chi connectivity index (χ3n) is 4.19. The average Bonchev–Trinajstić information content (AvgIpc) is 2.30. The van der Waals surface area contributed by atoms with Crippen molar-refractivity contribution in [2.75, 3.05) is 0 Å². The highest BCUT2D eigenvalue weighted by atomic mass is 16.4. The van der Waals surface area contributed by atoms with Crippen LogP contribution in [0, 0.1) is 5.41 Å². The zero-order valence-electron chi connectivity index (χ0n) is 10.6. The molecule has 0 aromatic heterocycles. The summed E-state index contributed by atoms with van der Waals surface area (Å²) in [7, 11) is 0. The molecule has 0 bridgehead atoms. The van der Waals surface area contributed by atoms with E-state index in [-0.39, 0.29) is 5.41 Å². The highest BCUT2D eigenvalue weighted by Gasteiger charge is 2.45. The van der Waals surface area contributed by atoms with Crippen LogP contribution in [0.4, 0.5) is 0 Å². The molecule has 1 aromatic carbocycles. The van der Waals surface area contributed by atoms with Gasteiger partial charge in [0.15, 0.2) is 0 Å². The van der Waals surface area contributed by atoms with Crippen LogP contribution in [-0.4, -0.2) is 11.1 Å². The van der Waals surface area contributed by atoms with Gasteiger partial charge in [0, 0.05) is 0 Å². The molecule has 2 rings (SSSR count). The van der Waals surface area contributed by atoms with Gasteiger partial charge in [-0.25, -0.2) is 0 Å². The van der Waals surface area contributed by atoms with Crippen molar-refractivity contribution >= 4 is 5.97 Å². The van der Waals surface area contributed by atoms with E-state index in [0.29, 0.717) is 0 Å². The zero-order valence-corrected chi connectivity index (χ0v) is 10.6. The molecule has 1 aliphatic rings. The number of aliphatic carboxylic acids is 1. The lowest BCUT2D eigenvalue weighted by atomic mass is 9.62. The summed E-state index contributed by atoms with van der Waals surface area (Å²) in [6, 6.07) is 9.70. The summed E-state index contributed by atoms with van der Waals surface area (Å²) < 4.78 is 0. The van der Waals surface area contributed by atoms with Gasteiger partial charge in [-0.2, -0.15) is 0 Å². The van der Waals surface area contributed by atoms with Gasteiger partial charge in [-0.3, -0.25) is 4.79 Å². The smallest absolute Gasteiger partial charge is 0.314 e. The minimum atomic E-state index is -0.667. The molecule has 0 amide bonds. The van der Waals surface area contributed by atoms with Crippen LogP contribution in [0.3, 0.4) is 0 Å². The van der Waals surface area contributed by atoms with Gasteiger partial charge in [0.05, 0.1) is 5.41 Å². The zero-order chi connectivity index (χ0) is 12.5. The number of rotatable bonds is 2. The molecule has 0 atom stereocenters. The first-order valence-electron chi connectivity index (χ1n) is 6.25. The van der Waals surface area contributed by atoms with Crippen molar-refractivity contribution in [1.82, 2.24) is 0 Å². The summed E-state index contributed by atoms with van der Waals surface area (Å²) in [4.78, 5) is 11.7. The fourth-order valence-corrected chi connectivity index (χ4v) is 2.74. The Hall–Kier alpha value is -1.31. The molecular formula is C15H20O2. The summed E-state index contributed by atoms with van der Waals surface area (Å²) in [6.07, 6.45) is 3.46. The van der Waals surface area contributed by atoms with E-state index in [1.807, 2.05) is 30.3 Å². The van der Waals surface area contributed by atoms with Crippen LogP contribution >= 0.6 is 0 Å². The molecule has 1 aromatic rings. The molecule has 1 aliphatic carbocycles. The van der Waals surface area contributed by atoms with Gasteiger partial charge >= 0.3 is 5.97 Å². The second-order valence-electron chi connectivity index (χ2n) is 5.92. The number of carboxylic acid groups (broad SMARTS) is 1. The number of hydrogen-bond donors (Lipinski definition) is 1. The van der Waals surface area contributed by atoms with Crippen molar-refractivity contribution in [2.45, 2.75) is 44.9 Å². The minimum Gasteiger partial charge on any atom is -0.481 e. The summed E-state index contributed by atoms with van der Waals surface area (Å²) in [5.74, 6) is -0.667. The van der Waals surface area contributed by atoms with Crippen LogP contribution in [0.2, 0.25) is 0 Å². The Balaban J connectivity index is 2.33. The van der Waals surface area contributed by atoms with Crippen LogP contribution in [-0.2, 0) is 10.2 Å². The molecule has 0 spiro atoms. The summed E-state index contributed by atoms with van der Waals surface area (Å²) >= 11 is 0. The molecule has 1 N–H and O–H groups in total. The first-order chi connectivity index (χ1) is 7.96. The second-order valence-corrected chi connectivity index (χ2v) is 5.92. The van der Waals surface area contributed by atoms with Crippen LogP contribution < -0.4 is 0 Å². The first-order valence-corrected chi connectivity index (χ1v) is 6.25. The summed E-state index contributed by atoms with van der Waals surface area (Å²) in [6.45, 7) is 4.45. The van der Waals surface area contributed by atoms with E-state index in [0.717, 1.165) is 31.2 Å². The van der Waals surface area contributed by atoms with Crippen molar-refractivity contribution < 1.29 is 9.90 Å². The van der Waals surface area contributed by atoms with E-state index < -0.39 is 11.4 Å². The topological polar surface area (TPSA) is 37.3 Å². The predicted octanol–water partition coefficient (Wildman–Crippen LogP) is 3.61. The first kappa shape index (κ1) is 12.2. The number of hydrogen-bond acceptors (Lipinski definition) is 1. The van der Waals surface area contributed by atoms with E-state index in [4.69, 9.17) is 0 Å². The van der Waals surface area contributed by atoms with Gasteiger partial charge in [-0.15, -0.1) is 0 Å². The third-order valence-corrected chi connectivity index (χ3v) is 4.19. The largest absolute Gasteiger partial charge is 0.481 e. The van der Waals surface area contributed by atoms with Gasteiger partial charge in [0.1, 0.15) is 0 Å². The highest BCUT2D eigenvalue weighted by Crippen LogP contribution is 2.46. The molecular weight excluding hydrogens is 212 g/mol. The van der Waals surface area contributed by atoms with E-state index >= 15 is 0 Å². The average molecular weight is 232 g/mol. The molecule has 0 heterocycles. The Morgan fingerprint density at radius 1 is 1.06 bits per heavy atom. The van der Waals surface area contributed by atoms with Crippen LogP contribution in [0.1, 0.15) is 45.1 Å². The second kappa shape index (κ2) is 4.17. The molecule has 0 radical (unpaired) electrons. The molecule has 1 saturated carbocycles. The van der Waals surface area contributed by atoms with Gasteiger partial charge < -0.3 is 5.11 Å². The van der Waals surface area contributed by atoms with E-state index in [2.05, 4.69) is 13.8 Å². The Kier molecular flexibility index (Phi) is 2.98. The van der Waals surface area contributed by atoms with Crippen molar-refractivity contribution in [1.29, 1.82) is 0 Å². The number of benzene rings is 1. The van der Waals surface area contributed by atoms with E-state index in [1.165, 1.54) is 0 Å². The monoisotopic (exact) mass is 232 g/mol. The highest BCUT2D eigenvalue weighted by molar-refractivity contribution is 5.81. The predicted molar refractivity (Wildman–Crippen MR) is 68.0 cm³/mol. The molecule has 0 unspecified atom stereocenters. The van der Waals surface area contributed by atoms with Crippen molar-refractivity contribution in [3.05, 3.63) is 35.9 Å². The Bertz CT molecular complexity index is 396. The van der Waals surface area contributed by atoms with Crippen LogP contribution in [0.5, 0.6) is 0 Å². The maximum Gasteiger partial charge on any atom is 0.314 e. The summed E-state index contributed by atoms with van der Waals surface area (Å²) in [5.41, 5.74) is 0.591.